The van der Waals surface area contributed by atoms with Crippen molar-refractivity contribution in [3.05, 3.63) is 88.3 Å². The lowest BCUT2D eigenvalue weighted by Crippen LogP contribution is -2.30. The van der Waals surface area contributed by atoms with E-state index >= 15 is 0 Å². The number of aliphatic carboxylic acids is 1. The topological polar surface area (TPSA) is 114 Å². The van der Waals surface area contributed by atoms with Crippen LogP contribution in [0.1, 0.15) is 10.4 Å². The highest BCUT2D eigenvalue weighted by atomic mass is 32.1. The molecule has 4 rings (SSSR count). The highest BCUT2D eigenvalue weighted by molar-refractivity contribution is 7.13. The average molecular weight is 432 g/mol. The number of benzene rings is 2. The number of carbonyl (C=O) groups excluding carboxylic acids is 1. The Balaban J connectivity index is 1.63. The molecule has 2 heterocycles. The molecule has 0 fully saturated rings. The van der Waals surface area contributed by atoms with Gasteiger partial charge in [-0.25, -0.2) is 9.97 Å². The van der Waals surface area contributed by atoms with Crippen LogP contribution < -0.4 is 10.9 Å². The zero-order chi connectivity index (χ0) is 21.8. The van der Waals surface area contributed by atoms with Gasteiger partial charge in [0, 0.05) is 28.3 Å². The summed E-state index contributed by atoms with van der Waals surface area (Å²) in [6.45, 7) is -0.581. The number of aromatic nitrogens is 3. The summed E-state index contributed by atoms with van der Waals surface area (Å²) in [4.78, 5) is 45.3. The summed E-state index contributed by atoms with van der Waals surface area (Å²) in [5.74, 6) is -1.49. The van der Waals surface area contributed by atoms with Crippen LogP contribution in [0.25, 0.3) is 22.0 Å². The van der Waals surface area contributed by atoms with E-state index in [1.165, 1.54) is 17.5 Å². The summed E-state index contributed by atoms with van der Waals surface area (Å²) in [6.07, 6.45) is 2.94. The van der Waals surface area contributed by atoms with E-state index in [1.54, 1.807) is 60.8 Å². The lowest BCUT2D eigenvalue weighted by molar-refractivity contribution is -0.137. The number of anilines is 1. The number of nitrogens with one attached hydrogen (secondary N) is 1. The lowest BCUT2D eigenvalue weighted by atomic mass is 10.1. The van der Waals surface area contributed by atoms with Crippen LogP contribution in [0, 0.1) is 0 Å². The van der Waals surface area contributed by atoms with Crippen LogP contribution in [0.3, 0.4) is 0 Å². The van der Waals surface area contributed by atoms with Crippen molar-refractivity contribution in [1.82, 2.24) is 14.5 Å². The van der Waals surface area contributed by atoms with Gasteiger partial charge in [-0.3, -0.25) is 19.0 Å². The molecule has 31 heavy (non-hydrogen) atoms. The van der Waals surface area contributed by atoms with Crippen molar-refractivity contribution in [2.45, 2.75) is 6.54 Å². The van der Waals surface area contributed by atoms with Gasteiger partial charge < -0.3 is 10.4 Å². The molecule has 2 aromatic heterocycles. The molecule has 0 aliphatic carbocycles. The second-order valence-electron chi connectivity index (χ2n) is 6.52. The van der Waals surface area contributed by atoms with Crippen LogP contribution in [0.4, 0.5) is 5.69 Å². The third kappa shape index (κ3) is 4.41. The first-order chi connectivity index (χ1) is 15.0. The predicted molar refractivity (Wildman–Crippen MR) is 117 cm³/mol. The number of amides is 1. The molecule has 0 unspecified atom stereocenters. The highest BCUT2D eigenvalue weighted by Gasteiger charge is 2.17. The first kappa shape index (κ1) is 20.2. The molecule has 2 aromatic carbocycles. The molecule has 1 amide bonds. The molecular formula is C22H16N4O4S. The molecule has 9 heteroatoms. The molecule has 0 radical (unpaired) electrons. The Hall–Kier alpha value is -4.11. The van der Waals surface area contributed by atoms with Gasteiger partial charge in [-0.05, 0) is 12.1 Å². The van der Waals surface area contributed by atoms with Gasteiger partial charge in [0.05, 0.1) is 6.20 Å². The maximum Gasteiger partial charge on any atom is 0.323 e. The fourth-order valence-corrected chi connectivity index (χ4v) is 3.65. The average Bonchev–Trinajstić information content (AvgIpc) is 3.32. The van der Waals surface area contributed by atoms with E-state index in [0.717, 1.165) is 15.1 Å². The predicted octanol–water partition coefficient (Wildman–Crippen LogP) is 3.37. The highest BCUT2D eigenvalue weighted by Crippen LogP contribution is 2.22. The van der Waals surface area contributed by atoms with E-state index in [-0.39, 0.29) is 11.5 Å². The number of rotatable bonds is 6. The maximum atomic E-state index is 12.9. The summed E-state index contributed by atoms with van der Waals surface area (Å²) in [6, 6.07) is 15.6. The SMILES string of the molecule is O=C(O)Cn1c(-c2ccccc2)ncc(NC(=O)c2ccc(-c3nccs3)cc2)c1=O. The third-order valence-corrected chi connectivity index (χ3v) is 5.27. The number of carbonyl (C=O) groups is 2. The van der Waals surface area contributed by atoms with Gasteiger partial charge in [-0.15, -0.1) is 11.3 Å². The third-order valence-electron chi connectivity index (χ3n) is 4.45. The maximum absolute atomic E-state index is 12.9. The van der Waals surface area contributed by atoms with E-state index in [4.69, 9.17) is 0 Å². The quantitative estimate of drug-likeness (QED) is 0.483. The van der Waals surface area contributed by atoms with Gasteiger partial charge in [-0.1, -0.05) is 42.5 Å². The van der Waals surface area contributed by atoms with Gasteiger partial charge in [-0.2, -0.15) is 0 Å². The van der Waals surface area contributed by atoms with Crippen molar-refractivity contribution in [2.75, 3.05) is 5.32 Å². The smallest absolute Gasteiger partial charge is 0.323 e. The van der Waals surface area contributed by atoms with Crippen LogP contribution in [-0.2, 0) is 11.3 Å². The Morgan fingerprint density at radius 1 is 1.00 bits per heavy atom. The fraction of sp³-hybridized carbons (Fsp3) is 0.0455. The van der Waals surface area contributed by atoms with Gasteiger partial charge in [0.25, 0.3) is 11.5 Å². The van der Waals surface area contributed by atoms with E-state index < -0.39 is 24.0 Å². The minimum absolute atomic E-state index is 0.102. The molecule has 0 saturated heterocycles. The fourth-order valence-electron chi connectivity index (χ4n) is 3.00. The molecule has 0 bridgehead atoms. The lowest BCUT2D eigenvalue weighted by Gasteiger charge is -2.13. The zero-order valence-corrected chi connectivity index (χ0v) is 16.9. The van der Waals surface area contributed by atoms with Crippen LogP contribution in [-0.4, -0.2) is 31.5 Å². The molecule has 0 atom stereocenters. The standard InChI is InChI=1S/C22H16N4O4S/c27-18(28)13-26-19(14-4-2-1-3-5-14)24-12-17(22(26)30)25-20(29)15-6-8-16(9-7-15)21-23-10-11-31-21/h1-12H,13H2,(H,25,29)(H,27,28). The van der Waals surface area contributed by atoms with Gasteiger partial charge >= 0.3 is 5.97 Å². The number of thiazole rings is 1. The molecule has 0 aliphatic heterocycles. The minimum Gasteiger partial charge on any atom is -0.480 e. The number of carboxylic acids is 1. The zero-order valence-electron chi connectivity index (χ0n) is 16.1. The molecule has 2 N–H and O–H groups in total. The van der Waals surface area contributed by atoms with E-state index in [2.05, 4.69) is 15.3 Å². The molecule has 0 spiro atoms. The van der Waals surface area contributed by atoms with Crippen LogP contribution >= 0.6 is 11.3 Å². The normalized spacial score (nSPS) is 10.6. The van der Waals surface area contributed by atoms with Gasteiger partial charge in [0.2, 0.25) is 0 Å². The Morgan fingerprint density at radius 2 is 1.74 bits per heavy atom. The molecule has 4 aromatic rings. The van der Waals surface area contributed by atoms with Crippen molar-refractivity contribution in [1.29, 1.82) is 0 Å². The van der Waals surface area contributed by atoms with Crippen molar-refractivity contribution >= 4 is 28.9 Å². The Bertz CT molecular complexity index is 1280. The summed E-state index contributed by atoms with van der Waals surface area (Å²) < 4.78 is 1.03. The largest absolute Gasteiger partial charge is 0.480 e. The number of carboxylic acid groups (broad SMARTS) is 1. The second kappa shape index (κ2) is 8.72. The monoisotopic (exact) mass is 432 g/mol. The number of hydrogen-bond donors (Lipinski definition) is 2. The molecular weight excluding hydrogens is 416 g/mol. The first-order valence-corrected chi connectivity index (χ1v) is 10.1. The van der Waals surface area contributed by atoms with E-state index in [0.29, 0.717) is 11.1 Å². The molecule has 8 nitrogen and oxygen atoms in total. The van der Waals surface area contributed by atoms with Crippen LogP contribution in [0.5, 0.6) is 0 Å². The Labute approximate surface area is 180 Å². The van der Waals surface area contributed by atoms with Crippen molar-refractivity contribution in [3.63, 3.8) is 0 Å². The summed E-state index contributed by atoms with van der Waals surface area (Å²) in [7, 11) is 0. The van der Waals surface area contributed by atoms with Gasteiger partial charge in [0.1, 0.15) is 23.1 Å². The van der Waals surface area contributed by atoms with E-state index in [1.807, 2.05) is 5.38 Å². The summed E-state index contributed by atoms with van der Waals surface area (Å²) in [5, 5.41) is 14.5. The summed E-state index contributed by atoms with van der Waals surface area (Å²) in [5.41, 5.74) is 1.07. The molecule has 0 aliphatic rings. The summed E-state index contributed by atoms with van der Waals surface area (Å²) >= 11 is 1.49. The number of nitrogens with zero attached hydrogens (tertiary/aromatic N) is 3. The first-order valence-electron chi connectivity index (χ1n) is 9.21. The Morgan fingerprint density at radius 3 is 2.39 bits per heavy atom. The van der Waals surface area contributed by atoms with Crippen molar-refractivity contribution in [2.24, 2.45) is 0 Å². The minimum atomic E-state index is -1.19. The van der Waals surface area contributed by atoms with Crippen LogP contribution in [0.15, 0.2) is 77.2 Å². The van der Waals surface area contributed by atoms with E-state index in [9.17, 15) is 19.5 Å². The second-order valence-corrected chi connectivity index (χ2v) is 7.41. The Kier molecular flexibility index (Phi) is 5.67. The number of hydrogen-bond acceptors (Lipinski definition) is 6. The van der Waals surface area contributed by atoms with Crippen molar-refractivity contribution in [3.8, 4) is 22.0 Å². The van der Waals surface area contributed by atoms with Gasteiger partial charge in [0.15, 0.2) is 0 Å². The molecule has 154 valence electrons. The molecule has 0 saturated carbocycles. The van der Waals surface area contributed by atoms with Crippen LogP contribution in [0.2, 0.25) is 0 Å². The van der Waals surface area contributed by atoms with Crippen molar-refractivity contribution < 1.29 is 14.7 Å².